The van der Waals surface area contributed by atoms with Gasteiger partial charge in [-0.05, 0) is 36.2 Å². The molecule has 24 heavy (non-hydrogen) atoms. The van der Waals surface area contributed by atoms with Crippen molar-refractivity contribution in [1.82, 2.24) is 0 Å². The van der Waals surface area contributed by atoms with Crippen LogP contribution in [0.4, 0.5) is 18.9 Å². The molecular weight excluding hydrogens is 315 g/mol. The fraction of sp³-hybridized carbons (Fsp3) is 0.158. The molecule has 0 unspecified atom stereocenters. The summed E-state index contributed by atoms with van der Waals surface area (Å²) in [6.07, 6.45) is -0.297. The quantitative estimate of drug-likeness (QED) is 0.614. The molecule has 0 bridgehead atoms. The van der Waals surface area contributed by atoms with Gasteiger partial charge >= 0.3 is 6.18 Å². The molecule has 0 fully saturated rings. The van der Waals surface area contributed by atoms with Gasteiger partial charge in [0.15, 0.2) is 5.75 Å². The van der Waals surface area contributed by atoms with Crippen molar-refractivity contribution in [2.75, 3.05) is 5.73 Å². The van der Waals surface area contributed by atoms with Gasteiger partial charge in [0.2, 0.25) is 0 Å². The number of anilines is 1. The van der Waals surface area contributed by atoms with E-state index in [0.29, 0.717) is 28.1 Å². The Morgan fingerprint density at radius 3 is 2.33 bits per heavy atom. The van der Waals surface area contributed by atoms with Crippen LogP contribution < -0.4 is 10.5 Å². The van der Waals surface area contributed by atoms with Gasteiger partial charge in [-0.1, -0.05) is 30.7 Å². The zero-order chi connectivity index (χ0) is 17.9. The molecule has 0 heterocycles. The smallest absolute Gasteiger partial charge is 0.407 e. The number of halogens is 3. The van der Waals surface area contributed by atoms with Gasteiger partial charge in [-0.25, -0.2) is 0 Å². The molecule has 2 rings (SSSR count). The molecule has 0 aliphatic heterocycles. The number of nitrogens with two attached hydrogens (primary N) is 1. The zero-order valence-electron chi connectivity index (χ0n) is 13.3. The molecule has 0 aliphatic carbocycles. The van der Waals surface area contributed by atoms with Gasteiger partial charge in [-0.3, -0.25) is 0 Å². The van der Waals surface area contributed by atoms with Gasteiger partial charge in [0.25, 0.3) is 0 Å². The van der Waals surface area contributed by atoms with Crippen LogP contribution in [0.3, 0.4) is 0 Å². The highest BCUT2D eigenvalue weighted by Crippen LogP contribution is 2.38. The first-order chi connectivity index (χ1) is 11.3. The normalized spacial score (nSPS) is 10.7. The Morgan fingerprint density at radius 2 is 1.83 bits per heavy atom. The van der Waals surface area contributed by atoms with Crippen LogP contribution >= 0.6 is 0 Å². The predicted molar refractivity (Wildman–Crippen MR) is 90.2 cm³/mol. The first kappa shape index (κ1) is 17.5. The SMILES string of the molecule is C=Cc1c(N)cc(-c2ccc(C(F)(F)F)cc2)c(C)c1OC#CC. The Balaban J connectivity index is 2.60. The van der Waals surface area contributed by atoms with Crippen molar-refractivity contribution in [3.8, 4) is 28.9 Å². The number of hydrogen-bond donors (Lipinski definition) is 1. The minimum atomic E-state index is -4.37. The van der Waals surface area contributed by atoms with Gasteiger partial charge in [0, 0.05) is 23.7 Å². The zero-order valence-corrected chi connectivity index (χ0v) is 13.3. The largest absolute Gasteiger partial charge is 0.416 e. The maximum atomic E-state index is 12.7. The second-order valence-electron chi connectivity index (χ2n) is 5.11. The topological polar surface area (TPSA) is 35.2 Å². The van der Waals surface area contributed by atoms with E-state index >= 15 is 0 Å². The summed E-state index contributed by atoms with van der Waals surface area (Å²) in [7, 11) is 0. The van der Waals surface area contributed by atoms with Crippen LogP contribution in [0.15, 0.2) is 36.9 Å². The van der Waals surface area contributed by atoms with Crippen molar-refractivity contribution < 1.29 is 17.9 Å². The highest BCUT2D eigenvalue weighted by atomic mass is 19.4. The molecule has 2 nitrogen and oxygen atoms in total. The van der Waals surface area contributed by atoms with Crippen molar-refractivity contribution >= 4 is 11.8 Å². The second kappa shape index (κ2) is 6.71. The molecule has 5 heteroatoms. The summed E-state index contributed by atoms with van der Waals surface area (Å²) in [5.74, 6) is 3.08. The third kappa shape index (κ3) is 3.38. The van der Waals surface area contributed by atoms with Gasteiger partial charge in [0.1, 0.15) is 6.11 Å². The second-order valence-corrected chi connectivity index (χ2v) is 5.11. The summed E-state index contributed by atoms with van der Waals surface area (Å²) < 4.78 is 43.5. The number of nitrogen functional groups attached to an aromatic ring is 1. The summed E-state index contributed by atoms with van der Waals surface area (Å²) in [5.41, 5.74) is 8.36. The minimum Gasteiger partial charge on any atom is -0.407 e. The molecule has 0 radical (unpaired) electrons. The van der Waals surface area contributed by atoms with Crippen LogP contribution in [0, 0.1) is 19.0 Å². The van der Waals surface area contributed by atoms with Crippen LogP contribution in [0.5, 0.6) is 5.75 Å². The number of hydrogen-bond acceptors (Lipinski definition) is 2. The lowest BCUT2D eigenvalue weighted by atomic mass is 9.95. The highest BCUT2D eigenvalue weighted by molar-refractivity contribution is 5.81. The van der Waals surface area contributed by atoms with E-state index in [4.69, 9.17) is 10.5 Å². The van der Waals surface area contributed by atoms with Crippen LogP contribution in [-0.2, 0) is 6.18 Å². The van der Waals surface area contributed by atoms with Gasteiger partial charge < -0.3 is 10.5 Å². The Labute approximate surface area is 138 Å². The van der Waals surface area contributed by atoms with Crippen LogP contribution in [-0.4, -0.2) is 0 Å². The average molecular weight is 331 g/mol. The van der Waals surface area contributed by atoms with Crippen molar-refractivity contribution in [3.05, 3.63) is 53.6 Å². The Bertz CT molecular complexity index is 825. The molecular formula is C19H16F3NO. The number of rotatable bonds is 3. The molecule has 2 aromatic carbocycles. The molecule has 2 N–H and O–H groups in total. The van der Waals surface area contributed by atoms with E-state index in [9.17, 15) is 13.2 Å². The summed E-state index contributed by atoms with van der Waals surface area (Å²) in [5, 5.41) is 0. The summed E-state index contributed by atoms with van der Waals surface area (Å²) in [6.45, 7) is 7.14. The fourth-order valence-corrected chi connectivity index (χ4v) is 2.38. The maximum absolute atomic E-state index is 12.7. The Morgan fingerprint density at radius 1 is 1.21 bits per heavy atom. The van der Waals surface area contributed by atoms with Crippen molar-refractivity contribution in [1.29, 1.82) is 0 Å². The van der Waals surface area contributed by atoms with Crippen LogP contribution in [0.25, 0.3) is 17.2 Å². The molecule has 0 saturated heterocycles. The van der Waals surface area contributed by atoms with Gasteiger partial charge in [-0.2, -0.15) is 13.2 Å². The Kier molecular flexibility index (Phi) is 4.89. The van der Waals surface area contributed by atoms with E-state index in [1.807, 2.05) is 0 Å². The van der Waals surface area contributed by atoms with E-state index < -0.39 is 11.7 Å². The van der Waals surface area contributed by atoms with Crippen LogP contribution in [0.1, 0.15) is 23.6 Å². The molecule has 0 saturated carbocycles. The third-order valence-corrected chi connectivity index (χ3v) is 3.58. The number of ether oxygens (including phenoxy) is 1. The fourth-order valence-electron chi connectivity index (χ4n) is 2.38. The molecule has 124 valence electrons. The molecule has 0 aromatic heterocycles. The monoisotopic (exact) mass is 331 g/mol. The van der Waals surface area contributed by atoms with Gasteiger partial charge in [-0.15, -0.1) is 0 Å². The maximum Gasteiger partial charge on any atom is 0.416 e. The van der Waals surface area contributed by atoms with Gasteiger partial charge in [0.05, 0.1) is 5.56 Å². The molecule has 0 amide bonds. The minimum absolute atomic E-state index is 0.415. The number of benzene rings is 2. The highest BCUT2D eigenvalue weighted by Gasteiger charge is 2.30. The predicted octanol–water partition coefficient (Wildman–Crippen LogP) is 5.27. The van der Waals surface area contributed by atoms with E-state index in [-0.39, 0.29) is 0 Å². The number of alkyl halides is 3. The van der Waals surface area contributed by atoms with E-state index in [1.165, 1.54) is 12.1 Å². The third-order valence-electron chi connectivity index (χ3n) is 3.58. The molecule has 0 atom stereocenters. The lowest BCUT2D eigenvalue weighted by molar-refractivity contribution is -0.137. The van der Waals surface area contributed by atoms with Crippen molar-refractivity contribution in [2.45, 2.75) is 20.0 Å². The van der Waals surface area contributed by atoms with Crippen molar-refractivity contribution in [3.63, 3.8) is 0 Å². The van der Waals surface area contributed by atoms with E-state index in [0.717, 1.165) is 17.7 Å². The average Bonchev–Trinajstić information content (AvgIpc) is 2.54. The first-order valence-electron chi connectivity index (χ1n) is 7.11. The standard InChI is InChI=1S/C19H16F3NO/c1-4-10-24-18-12(3)16(11-17(23)15(18)5-2)13-6-8-14(9-7-13)19(20,21)22/h5-9,11H,2,23H2,1,3H3. The lowest BCUT2D eigenvalue weighted by Crippen LogP contribution is -2.04. The van der Waals surface area contributed by atoms with E-state index in [2.05, 4.69) is 18.6 Å². The Hall–Kier alpha value is -2.87. The summed E-state index contributed by atoms with van der Waals surface area (Å²) >= 11 is 0. The summed E-state index contributed by atoms with van der Waals surface area (Å²) in [4.78, 5) is 0. The molecule has 0 spiro atoms. The van der Waals surface area contributed by atoms with E-state index in [1.54, 1.807) is 26.0 Å². The first-order valence-corrected chi connectivity index (χ1v) is 7.11. The molecule has 0 aliphatic rings. The van der Waals surface area contributed by atoms with Crippen LogP contribution in [0.2, 0.25) is 0 Å². The molecule has 2 aromatic rings. The summed E-state index contributed by atoms with van der Waals surface area (Å²) in [6, 6.07) is 6.60. The lowest BCUT2D eigenvalue weighted by Gasteiger charge is -2.16. The van der Waals surface area contributed by atoms with Crippen molar-refractivity contribution in [2.24, 2.45) is 0 Å².